The van der Waals surface area contributed by atoms with Gasteiger partial charge in [-0.15, -0.1) is 0 Å². The van der Waals surface area contributed by atoms with Gasteiger partial charge in [0.25, 0.3) is 5.56 Å². The van der Waals surface area contributed by atoms with Crippen LogP contribution in [0.3, 0.4) is 0 Å². The summed E-state index contributed by atoms with van der Waals surface area (Å²) in [6, 6.07) is 14.6. The summed E-state index contributed by atoms with van der Waals surface area (Å²) < 4.78 is 28.2. The van der Waals surface area contributed by atoms with E-state index in [9.17, 15) is 13.6 Å². The fourth-order valence-electron chi connectivity index (χ4n) is 2.85. The highest BCUT2D eigenvalue weighted by molar-refractivity contribution is 7.98. The topological polar surface area (TPSA) is 47.8 Å². The second-order valence-corrected chi connectivity index (χ2v) is 7.14. The average molecular weight is 395 g/mol. The van der Waals surface area contributed by atoms with Gasteiger partial charge in [-0.1, -0.05) is 36.0 Å². The first kappa shape index (κ1) is 18.3. The number of halogens is 2. The summed E-state index contributed by atoms with van der Waals surface area (Å²) in [7, 11) is 0. The molecule has 0 aliphatic rings. The van der Waals surface area contributed by atoms with Gasteiger partial charge >= 0.3 is 0 Å². The number of benzene rings is 2. The Kier molecular flexibility index (Phi) is 5.16. The Morgan fingerprint density at radius 3 is 2.61 bits per heavy atom. The second-order valence-electron chi connectivity index (χ2n) is 6.20. The molecule has 0 bridgehead atoms. The Morgan fingerprint density at radius 2 is 1.82 bits per heavy atom. The van der Waals surface area contributed by atoms with E-state index in [2.05, 4.69) is 9.97 Å². The zero-order chi connectivity index (χ0) is 19.5. The number of hydrogen-bond donors (Lipinski definition) is 0. The van der Waals surface area contributed by atoms with E-state index in [1.54, 1.807) is 35.2 Å². The number of pyridine rings is 1. The van der Waals surface area contributed by atoms with Gasteiger partial charge in [-0.2, -0.15) is 0 Å². The Balaban J connectivity index is 1.73. The van der Waals surface area contributed by atoms with Gasteiger partial charge in [0.15, 0.2) is 16.8 Å². The summed E-state index contributed by atoms with van der Waals surface area (Å²) in [5.41, 5.74) is 1.93. The van der Waals surface area contributed by atoms with Gasteiger partial charge in [-0.3, -0.25) is 14.3 Å². The number of para-hydroxylation sites is 1. The molecule has 7 heteroatoms. The van der Waals surface area contributed by atoms with Crippen LogP contribution in [0.15, 0.2) is 76.9 Å². The zero-order valence-corrected chi connectivity index (χ0v) is 15.5. The van der Waals surface area contributed by atoms with E-state index in [-0.39, 0.29) is 5.56 Å². The smallest absolute Gasteiger partial charge is 0.262 e. The molecule has 0 N–H and O–H groups in total. The Bertz CT molecular complexity index is 1200. The number of fused-ring (bicyclic) bond motifs is 1. The maximum atomic E-state index is 13.5. The third-order valence-corrected chi connectivity index (χ3v) is 5.29. The lowest BCUT2D eigenvalue weighted by molar-refractivity contribution is 0.507. The second kappa shape index (κ2) is 7.90. The molecule has 0 unspecified atom stereocenters. The molecule has 0 fully saturated rings. The van der Waals surface area contributed by atoms with Gasteiger partial charge in [0, 0.05) is 18.1 Å². The predicted molar refractivity (Wildman–Crippen MR) is 105 cm³/mol. The fraction of sp³-hybridized carbons (Fsp3) is 0.0952. The van der Waals surface area contributed by atoms with Crippen molar-refractivity contribution in [2.24, 2.45) is 0 Å². The zero-order valence-electron chi connectivity index (χ0n) is 14.7. The van der Waals surface area contributed by atoms with Crippen molar-refractivity contribution >= 4 is 22.7 Å². The monoisotopic (exact) mass is 395 g/mol. The molecule has 2 heterocycles. The summed E-state index contributed by atoms with van der Waals surface area (Å²) in [6.45, 7) is 0.324. The van der Waals surface area contributed by atoms with Gasteiger partial charge < -0.3 is 0 Å². The summed E-state index contributed by atoms with van der Waals surface area (Å²) in [6.07, 6.45) is 3.37. The van der Waals surface area contributed by atoms with Crippen LogP contribution in [0.4, 0.5) is 8.78 Å². The minimum atomic E-state index is -0.891. The largest absolute Gasteiger partial charge is 0.283 e. The molecule has 4 rings (SSSR count). The van der Waals surface area contributed by atoms with Gasteiger partial charge in [0.05, 0.1) is 17.4 Å². The molecular weight excluding hydrogens is 380 g/mol. The summed E-state index contributed by atoms with van der Waals surface area (Å²) in [4.78, 5) is 21.8. The molecule has 0 atom stereocenters. The summed E-state index contributed by atoms with van der Waals surface area (Å²) >= 11 is 1.31. The minimum absolute atomic E-state index is 0.151. The summed E-state index contributed by atoms with van der Waals surface area (Å²) in [5.74, 6) is -1.42. The lowest BCUT2D eigenvalue weighted by Crippen LogP contribution is -2.24. The van der Waals surface area contributed by atoms with Crippen LogP contribution in [0.25, 0.3) is 10.9 Å². The van der Waals surface area contributed by atoms with Gasteiger partial charge in [-0.05, 0) is 41.5 Å². The van der Waals surface area contributed by atoms with Crippen LogP contribution in [0.1, 0.15) is 11.1 Å². The van der Waals surface area contributed by atoms with E-state index in [1.807, 2.05) is 18.2 Å². The Morgan fingerprint density at radius 1 is 0.964 bits per heavy atom. The predicted octanol–water partition coefficient (Wildman–Crippen LogP) is 4.41. The number of aromatic nitrogens is 3. The van der Waals surface area contributed by atoms with E-state index >= 15 is 0 Å². The van der Waals surface area contributed by atoms with Crippen LogP contribution in [0.5, 0.6) is 0 Å². The van der Waals surface area contributed by atoms with E-state index in [0.717, 1.165) is 17.7 Å². The molecule has 0 saturated heterocycles. The molecule has 2 aromatic heterocycles. The molecule has 4 nitrogen and oxygen atoms in total. The first-order valence-corrected chi connectivity index (χ1v) is 9.55. The quantitative estimate of drug-likeness (QED) is 0.371. The molecule has 0 radical (unpaired) electrons. The number of rotatable bonds is 5. The molecule has 28 heavy (non-hydrogen) atoms. The highest BCUT2D eigenvalue weighted by atomic mass is 32.2. The van der Waals surface area contributed by atoms with Crippen molar-refractivity contribution in [1.29, 1.82) is 0 Å². The molecular formula is C21H15F2N3OS. The van der Waals surface area contributed by atoms with E-state index in [1.165, 1.54) is 17.8 Å². The average Bonchev–Trinajstić information content (AvgIpc) is 2.72. The van der Waals surface area contributed by atoms with Crippen molar-refractivity contribution < 1.29 is 8.78 Å². The highest BCUT2D eigenvalue weighted by Crippen LogP contribution is 2.23. The molecule has 2 aromatic carbocycles. The van der Waals surface area contributed by atoms with Crippen LogP contribution < -0.4 is 5.56 Å². The molecule has 0 amide bonds. The molecule has 0 saturated carbocycles. The lowest BCUT2D eigenvalue weighted by atomic mass is 10.2. The van der Waals surface area contributed by atoms with Crippen LogP contribution >= 0.6 is 11.8 Å². The minimum Gasteiger partial charge on any atom is -0.283 e. The highest BCUT2D eigenvalue weighted by Gasteiger charge is 2.13. The number of nitrogens with zero attached hydrogens (tertiary/aromatic N) is 3. The van der Waals surface area contributed by atoms with Crippen LogP contribution in [0, 0.1) is 11.6 Å². The molecule has 0 spiro atoms. The molecule has 0 aliphatic heterocycles. The Hall–Kier alpha value is -3.06. The van der Waals surface area contributed by atoms with Crippen LogP contribution in [0.2, 0.25) is 0 Å². The third-order valence-electron chi connectivity index (χ3n) is 4.24. The van der Waals surface area contributed by atoms with E-state index in [4.69, 9.17) is 0 Å². The van der Waals surface area contributed by atoms with Gasteiger partial charge in [0.1, 0.15) is 0 Å². The third kappa shape index (κ3) is 3.80. The van der Waals surface area contributed by atoms with Gasteiger partial charge in [-0.25, -0.2) is 13.8 Å². The number of hydrogen-bond acceptors (Lipinski definition) is 4. The normalized spacial score (nSPS) is 11.1. The van der Waals surface area contributed by atoms with Crippen molar-refractivity contribution in [2.45, 2.75) is 17.5 Å². The van der Waals surface area contributed by atoms with Gasteiger partial charge in [0.2, 0.25) is 0 Å². The molecule has 4 aromatic rings. The molecule has 140 valence electrons. The SMILES string of the molecule is O=c1c2ccccc2nc(SCc2ccc(F)c(F)c2)n1Cc1cccnc1. The standard InChI is InChI=1S/C21H15F2N3OS/c22-17-8-7-14(10-18(17)23)13-28-21-25-19-6-2-1-5-16(19)20(27)26(21)12-15-4-3-9-24-11-15/h1-11H,12-13H2. The van der Waals surface area contributed by atoms with Crippen molar-refractivity contribution in [2.75, 3.05) is 0 Å². The number of thioether (sulfide) groups is 1. The van der Waals surface area contributed by atoms with Crippen LogP contribution in [-0.2, 0) is 12.3 Å². The van der Waals surface area contributed by atoms with Crippen molar-refractivity contribution in [3.05, 3.63) is 100 Å². The Labute approximate surface area is 163 Å². The maximum Gasteiger partial charge on any atom is 0.262 e. The summed E-state index contributed by atoms with van der Waals surface area (Å²) in [5, 5.41) is 1.04. The van der Waals surface area contributed by atoms with Crippen molar-refractivity contribution in [1.82, 2.24) is 14.5 Å². The first-order chi connectivity index (χ1) is 13.6. The van der Waals surface area contributed by atoms with Crippen molar-refractivity contribution in [3.8, 4) is 0 Å². The van der Waals surface area contributed by atoms with Crippen LogP contribution in [-0.4, -0.2) is 14.5 Å². The maximum absolute atomic E-state index is 13.5. The fourth-order valence-corrected chi connectivity index (χ4v) is 3.79. The first-order valence-electron chi connectivity index (χ1n) is 8.57. The van der Waals surface area contributed by atoms with E-state index in [0.29, 0.717) is 33.9 Å². The molecule has 0 aliphatic carbocycles. The van der Waals surface area contributed by atoms with E-state index < -0.39 is 11.6 Å². The lowest BCUT2D eigenvalue weighted by Gasteiger charge is -2.13. The van der Waals surface area contributed by atoms with Crippen molar-refractivity contribution in [3.63, 3.8) is 0 Å².